The number of carbonyl (C=O) groups is 1. The number of ether oxygens (including phenoxy) is 1. The summed E-state index contributed by atoms with van der Waals surface area (Å²) < 4.78 is 5.05. The molecule has 64 valence electrons. The van der Waals surface area contributed by atoms with Crippen LogP contribution in [0, 0.1) is 11.8 Å². The maximum Gasteiger partial charge on any atom is 0.133 e. The SMILES string of the molecule is COC[C@@H]1CCC[C@H]1C(C)=O. The van der Waals surface area contributed by atoms with Crippen LogP contribution in [-0.4, -0.2) is 19.5 Å². The molecule has 0 aromatic rings. The van der Waals surface area contributed by atoms with Crippen molar-refractivity contribution in [1.29, 1.82) is 0 Å². The van der Waals surface area contributed by atoms with Gasteiger partial charge in [0.2, 0.25) is 0 Å². The van der Waals surface area contributed by atoms with Gasteiger partial charge in [0.25, 0.3) is 0 Å². The molecule has 0 amide bonds. The maximum absolute atomic E-state index is 11.1. The lowest BCUT2D eigenvalue weighted by atomic mass is 9.93. The summed E-state index contributed by atoms with van der Waals surface area (Å²) in [5, 5.41) is 0. The fourth-order valence-corrected chi connectivity index (χ4v) is 1.99. The van der Waals surface area contributed by atoms with E-state index in [1.165, 1.54) is 6.42 Å². The van der Waals surface area contributed by atoms with Gasteiger partial charge in [-0.25, -0.2) is 0 Å². The summed E-state index contributed by atoms with van der Waals surface area (Å²) in [6.45, 7) is 2.45. The van der Waals surface area contributed by atoms with Crippen molar-refractivity contribution in [3.63, 3.8) is 0 Å². The van der Waals surface area contributed by atoms with E-state index in [2.05, 4.69) is 0 Å². The van der Waals surface area contributed by atoms with Gasteiger partial charge in [-0.2, -0.15) is 0 Å². The van der Waals surface area contributed by atoms with E-state index in [9.17, 15) is 4.79 Å². The Balaban J connectivity index is 2.44. The van der Waals surface area contributed by atoms with Gasteiger partial charge >= 0.3 is 0 Å². The molecule has 0 spiro atoms. The molecule has 1 rings (SSSR count). The lowest BCUT2D eigenvalue weighted by Gasteiger charge is -2.14. The Morgan fingerprint density at radius 3 is 2.82 bits per heavy atom. The number of hydrogen-bond donors (Lipinski definition) is 0. The molecule has 0 radical (unpaired) electrons. The predicted octanol–water partition coefficient (Wildman–Crippen LogP) is 1.64. The van der Waals surface area contributed by atoms with E-state index in [-0.39, 0.29) is 5.92 Å². The average molecular weight is 156 g/mol. The molecule has 11 heavy (non-hydrogen) atoms. The zero-order valence-corrected chi connectivity index (χ0v) is 7.30. The Hall–Kier alpha value is -0.370. The summed E-state index contributed by atoms with van der Waals surface area (Å²) >= 11 is 0. The van der Waals surface area contributed by atoms with E-state index < -0.39 is 0 Å². The van der Waals surface area contributed by atoms with Gasteiger partial charge < -0.3 is 4.74 Å². The summed E-state index contributed by atoms with van der Waals surface area (Å²) in [4.78, 5) is 11.1. The van der Waals surface area contributed by atoms with Crippen LogP contribution in [-0.2, 0) is 9.53 Å². The minimum atomic E-state index is 0.287. The molecule has 0 unspecified atom stereocenters. The van der Waals surface area contributed by atoms with Crippen molar-refractivity contribution >= 4 is 5.78 Å². The smallest absolute Gasteiger partial charge is 0.133 e. The fourth-order valence-electron chi connectivity index (χ4n) is 1.99. The van der Waals surface area contributed by atoms with E-state index >= 15 is 0 Å². The second-order valence-corrected chi connectivity index (χ2v) is 3.36. The molecule has 2 atom stereocenters. The van der Waals surface area contributed by atoms with E-state index in [0.29, 0.717) is 11.7 Å². The Morgan fingerprint density at radius 1 is 1.55 bits per heavy atom. The molecule has 0 aromatic carbocycles. The molecule has 1 fully saturated rings. The van der Waals surface area contributed by atoms with Crippen LogP contribution in [0.5, 0.6) is 0 Å². The molecule has 0 saturated heterocycles. The first-order valence-corrected chi connectivity index (χ1v) is 4.25. The van der Waals surface area contributed by atoms with Crippen molar-refractivity contribution in [1.82, 2.24) is 0 Å². The van der Waals surface area contributed by atoms with Crippen LogP contribution in [0.4, 0.5) is 0 Å². The van der Waals surface area contributed by atoms with Crippen LogP contribution in [0.25, 0.3) is 0 Å². The van der Waals surface area contributed by atoms with Crippen LogP contribution in [0.2, 0.25) is 0 Å². The van der Waals surface area contributed by atoms with Crippen LogP contribution in [0.3, 0.4) is 0 Å². The third-order valence-electron chi connectivity index (χ3n) is 2.56. The number of methoxy groups -OCH3 is 1. The quantitative estimate of drug-likeness (QED) is 0.621. The Labute approximate surface area is 67.9 Å². The number of carbonyl (C=O) groups excluding carboxylic acids is 1. The minimum Gasteiger partial charge on any atom is -0.384 e. The van der Waals surface area contributed by atoms with Crippen molar-refractivity contribution in [3.05, 3.63) is 0 Å². The third kappa shape index (κ3) is 2.03. The number of ketones is 1. The van der Waals surface area contributed by atoms with E-state index in [1.54, 1.807) is 14.0 Å². The van der Waals surface area contributed by atoms with Crippen LogP contribution >= 0.6 is 0 Å². The maximum atomic E-state index is 11.1. The molecule has 2 nitrogen and oxygen atoms in total. The molecule has 0 aromatic heterocycles. The predicted molar refractivity (Wildman–Crippen MR) is 43.4 cm³/mol. The Bertz CT molecular complexity index is 142. The molecule has 1 aliphatic rings. The monoisotopic (exact) mass is 156 g/mol. The van der Waals surface area contributed by atoms with Crippen LogP contribution < -0.4 is 0 Å². The first kappa shape index (κ1) is 8.72. The average Bonchev–Trinajstić information content (AvgIpc) is 2.36. The van der Waals surface area contributed by atoms with Crippen LogP contribution in [0.15, 0.2) is 0 Å². The van der Waals surface area contributed by atoms with E-state index in [4.69, 9.17) is 4.74 Å². The summed E-state index contributed by atoms with van der Waals surface area (Å²) in [5.41, 5.74) is 0. The van der Waals surface area contributed by atoms with Gasteiger partial charge in [-0.3, -0.25) is 4.79 Å². The highest BCUT2D eigenvalue weighted by atomic mass is 16.5. The van der Waals surface area contributed by atoms with Gasteiger partial charge in [0, 0.05) is 19.6 Å². The normalized spacial score (nSPS) is 30.7. The second-order valence-electron chi connectivity index (χ2n) is 3.36. The highest BCUT2D eigenvalue weighted by molar-refractivity contribution is 5.78. The zero-order valence-electron chi connectivity index (χ0n) is 7.30. The standard InChI is InChI=1S/C9H16O2/c1-7(10)9-5-3-4-8(9)6-11-2/h8-9H,3-6H2,1-2H3/t8-,9-/m0/s1. The summed E-state index contributed by atoms with van der Waals surface area (Å²) in [7, 11) is 1.70. The highest BCUT2D eigenvalue weighted by Crippen LogP contribution is 2.32. The third-order valence-corrected chi connectivity index (χ3v) is 2.56. The first-order valence-electron chi connectivity index (χ1n) is 4.25. The van der Waals surface area contributed by atoms with Gasteiger partial charge in [0.15, 0.2) is 0 Å². The van der Waals surface area contributed by atoms with Gasteiger partial charge in [-0.15, -0.1) is 0 Å². The van der Waals surface area contributed by atoms with Crippen molar-refractivity contribution < 1.29 is 9.53 Å². The summed E-state index contributed by atoms with van der Waals surface area (Å²) in [6.07, 6.45) is 3.43. The molecular formula is C9H16O2. The number of rotatable bonds is 3. The molecule has 0 heterocycles. The molecule has 2 heteroatoms. The zero-order chi connectivity index (χ0) is 8.27. The molecule has 1 saturated carbocycles. The lowest BCUT2D eigenvalue weighted by molar-refractivity contribution is -0.122. The minimum absolute atomic E-state index is 0.287. The van der Waals surface area contributed by atoms with Crippen LogP contribution in [0.1, 0.15) is 26.2 Å². The van der Waals surface area contributed by atoms with E-state index in [0.717, 1.165) is 19.4 Å². The lowest BCUT2D eigenvalue weighted by Crippen LogP contribution is -2.19. The number of hydrogen-bond acceptors (Lipinski definition) is 2. The van der Waals surface area contributed by atoms with Gasteiger partial charge in [-0.05, 0) is 25.7 Å². The van der Waals surface area contributed by atoms with Gasteiger partial charge in [0.05, 0.1) is 0 Å². The molecule has 0 N–H and O–H groups in total. The summed E-state index contributed by atoms with van der Waals surface area (Å²) in [5.74, 6) is 1.12. The van der Waals surface area contributed by atoms with Crippen molar-refractivity contribution in [3.8, 4) is 0 Å². The second kappa shape index (κ2) is 3.86. The van der Waals surface area contributed by atoms with E-state index in [1.807, 2.05) is 0 Å². The molecule has 0 aliphatic heterocycles. The van der Waals surface area contributed by atoms with Gasteiger partial charge in [0.1, 0.15) is 5.78 Å². The Kier molecular flexibility index (Phi) is 3.06. The molecular weight excluding hydrogens is 140 g/mol. The first-order chi connectivity index (χ1) is 5.25. The number of Topliss-reactive ketones (excluding diaryl/α,β-unsaturated/α-hetero) is 1. The molecule has 1 aliphatic carbocycles. The highest BCUT2D eigenvalue weighted by Gasteiger charge is 2.30. The van der Waals surface area contributed by atoms with Crippen molar-refractivity contribution in [2.45, 2.75) is 26.2 Å². The topological polar surface area (TPSA) is 26.3 Å². The fraction of sp³-hybridized carbons (Fsp3) is 0.889. The Morgan fingerprint density at radius 2 is 2.27 bits per heavy atom. The van der Waals surface area contributed by atoms with Crippen molar-refractivity contribution in [2.75, 3.05) is 13.7 Å². The summed E-state index contributed by atoms with van der Waals surface area (Å²) in [6, 6.07) is 0. The largest absolute Gasteiger partial charge is 0.384 e. The molecule has 0 bridgehead atoms. The van der Waals surface area contributed by atoms with Gasteiger partial charge in [-0.1, -0.05) is 6.42 Å². The van der Waals surface area contributed by atoms with Crippen molar-refractivity contribution in [2.24, 2.45) is 11.8 Å².